The number of nitrogens with zero attached hydrogens (tertiary/aromatic N) is 2. The lowest BCUT2D eigenvalue weighted by Crippen LogP contribution is -2.35. The quantitative estimate of drug-likeness (QED) is 0.520. The van der Waals surface area contributed by atoms with Crippen molar-refractivity contribution in [3.8, 4) is 0 Å². The summed E-state index contributed by atoms with van der Waals surface area (Å²) in [5.41, 5.74) is 0. The summed E-state index contributed by atoms with van der Waals surface area (Å²) in [5.74, 6) is 0. The smallest absolute Gasteiger partial charge is 0.0694 e. The summed E-state index contributed by atoms with van der Waals surface area (Å²) in [5, 5.41) is 13.2. The first kappa shape index (κ1) is 6.99. The van der Waals surface area contributed by atoms with E-state index in [4.69, 9.17) is 5.11 Å². The Morgan fingerprint density at radius 1 is 1.56 bits per heavy atom. The molecule has 0 aliphatic carbocycles. The van der Waals surface area contributed by atoms with Gasteiger partial charge < -0.3 is 5.11 Å². The second-order valence-corrected chi connectivity index (χ2v) is 2.70. The fraction of sp³-hybridized carbons (Fsp3) is 1.00. The van der Waals surface area contributed by atoms with Gasteiger partial charge in [-0.3, -0.25) is 0 Å². The van der Waals surface area contributed by atoms with Gasteiger partial charge in [0.25, 0.3) is 0 Å². The average Bonchev–Trinajstić information content (AvgIpc) is 2.14. The van der Waals surface area contributed by atoms with Gasteiger partial charge in [-0.05, 0) is 6.42 Å². The van der Waals surface area contributed by atoms with Gasteiger partial charge in [-0.2, -0.15) is 0 Å². The number of aliphatic hydroxyl groups excluding tert-OH is 1. The lowest BCUT2D eigenvalue weighted by molar-refractivity contribution is 0.0374. The summed E-state index contributed by atoms with van der Waals surface area (Å²) >= 11 is 0. The summed E-state index contributed by atoms with van der Waals surface area (Å²) in [6.07, 6.45) is 0.811. The van der Waals surface area contributed by atoms with Crippen LogP contribution in [-0.4, -0.2) is 48.4 Å². The third-order valence-electron chi connectivity index (χ3n) is 1.71. The van der Waals surface area contributed by atoms with Crippen LogP contribution in [0.25, 0.3) is 0 Å². The maximum absolute atomic E-state index is 9.08. The minimum atomic E-state index is -0.104. The molecular formula is C6H14N2O. The Labute approximate surface area is 55.8 Å². The molecule has 1 saturated heterocycles. The van der Waals surface area contributed by atoms with Crippen molar-refractivity contribution in [2.75, 3.05) is 27.2 Å². The maximum atomic E-state index is 9.08. The van der Waals surface area contributed by atoms with Gasteiger partial charge >= 0.3 is 0 Å². The molecular weight excluding hydrogens is 116 g/mol. The van der Waals surface area contributed by atoms with E-state index in [1.807, 2.05) is 19.1 Å². The monoisotopic (exact) mass is 130 g/mol. The van der Waals surface area contributed by atoms with E-state index in [-0.39, 0.29) is 6.10 Å². The Bertz CT molecular complexity index is 95.1. The van der Waals surface area contributed by atoms with Crippen molar-refractivity contribution in [3.63, 3.8) is 0 Å². The minimum Gasteiger partial charge on any atom is -0.392 e. The van der Waals surface area contributed by atoms with E-state index < -0.39 is 0 Å². The molecule has 9 heavy (non-hydrogen) atoms. The van der Waals surface area contributed by atoms with Gasteiger partial charge in [0.15, 0.2) is 0 Å². The Kier molecular flexibility index (Phi) is 2.05. The van der Waals surface area contributed by atoms with Crippen LogP contribution < -0.4 is 0 Å². The normalized spacial score (nSPS) is 30.0. The predicted octanol–water partition coefficient (Wildman–Crippen LogP) is -0.470. The molecule has 0 amide bonds. The Balaban J connectivity index is 2.30. The molecule has 1 atom stereocenters. The number of rotatable bonds is 1. The summed E-state index contributed by atoms with van der Waals surface area (Å²) in [6, 6.07) is 0. The van der Waals surface area contributed by atoms with Crippen LogP contribution in [0.2, 0.25) is 0 Å². The van der Waals surface area contributed by atoms with E-state index in [2.05, 4.69) is 5.01 Å². The zero-order valence-corrected chi connectivity index (χ0v) is 6.04. The van der Waals surface area contributed by atoms with Gasteiger partial charge in [0.2, 0.25) is 0 Å². The van der Waals surface area contributed by atoms with Crippen molar-refractivity contribution >= 4 is 0 Å². The standard InChI is InChI=1S/C6H14N2O/c1-7(2)8-4-3-6(9)5-8/h6,9H,3-5H2,1-2H3. The van der Waals surface area contributed by atoms with Crippen LogP contribution in [0.1, 0.15) is 6.42 Å². The first-order valence-corrected chi connectivity index (χ1v) is 3.30. The zero-order chi connectivity index (χ0) is 6.85. The molecule has 0 aromatic rings. The lowest BCUT2D eigenvalue weighted by Gasteiger charge is -2.22. The van der Waals surface area contributed by atoms with Crippen molar-refractivity contribution in [3.05, 3.63) is 0 Å². The summed E-state index contributed by atoms with van der Waals surface area (Å²) in [4.78, 5) is 0. The van der Waals surface area contributed by atoms with Crippen LogP contribution >= 0.6 is 0 Å². The number of hydrogen-bond donors (Lipinski definition) is 1. The molecule has 0 radical (unpaired) electrons. The van der Waals surface area contributed by atoms with Crippen LogP contribution in [0.4, 0.5) is 0 Å². The molecule has 0 aromatic heterocycles. The van der Waals surface area contributed by atoms with Gasteiger partial charge in [0.05, 0.1) is 6.10 Å². The topological polar surface area (TPSA) is 26.7 Å². The highest BCUT2D eigenvalue weighted by Crippen LogP contribution is 2.08. The van der Waals surface area contributed by atoms with Gasteiger partial charge in [0, 0.05) is 27.2 Å². The SMILES string of the molecule is CN(C)N1CCC(O)C1. The Morgan fingerprint density at radius 3 is 2.44 bits per heavy atom. The molecule has 3 nitrogen and oxygen atoms in total. The molecule has 3 heteroatoms. The number of β-amino-alcohol motifs (C(OH)–C–C–N with tert-alkyl or cyclic N) is 1. The van der Waals surface area contributed by atoms with Crippen molar-refractivity contribution in [2.45, 2.75) is 12.5 Å². The molecule has 0 saturated carbocycles. The molecule has 1 aliphatic heterocycles. The average molecular weight is 130 g/mol. The van der Waals surface area contributed by atoms with Crippen molar-refractivity contribution < 1.29 is 5.11 Å². The molecule has 0 aromatic carbocycles. The fourth-order valence-corrected chi connectivity index (χ4v) is 1.09. The molecule has 1 N–H and O–H groups in total. The maximum Gasteiger partial charge on any atom is 0.0694 e. The van der Waals surface area contributed by atoms with E-state index in [9.17, 15) is 0 Å². The van der Waals surface area contributed by atoms with E-state index >= 15 is 0 Å². The molecule has 1 aliphatic rings. The fourth-order valence-electron chi connectivity index (χ4n) is 1.09. The van der Waals surface area contributed by atoms with E-state index in [1.165, 1.54) is 0 Å². The van der Waals surface area contributed by atoms with E-state index in [0.29, 0.717) is 0 Å². The summed E-state index contributed by atoms with van der Waals surface area (Å²) in [6.45, 7) is 1.79. The molecule has 1 unspecified atom stereocenters. The second-order valence-electron chi connectivity index (χ2n) is 2.70. The third-order valence-corrected chi connectivity index (χ3v) is 1.71. The summed E-state index contributed by atoms with van der Waals surface area (Å²) < 4.78 is 0. The largest absolute Gasteiger partial charge is 0.392 e. The molecule has 0 spiro atoms. The molecule has 1 heterocycles. The molecule has 1 rings (SSSR count). The van der Waals surface area contributed by atoms with Crippen molar-refractivity contribution in [2.24, 2.45) is 0 Å². The predicted molar refractivity (Wildman–Crippen MR) is 35.9 cm³/mol. The second kappa shape index (κ2) is 2.64. The highest BCUT2D eigenvalue weighted by molar-refractivity contribution is 4.70. The summed E-state index contributed by atoms with van der Waals surface area (Å²) in [7, 11) is 4.00. The van der Waals surface area contributed by atoms with Crippen LogP contribution in [0, 0.1) is 0 Å². The molecule has 1 fully saturated rings. The van der Waals surface area contributed by atoms with Gasteiger partial charge in [0.1, 0.15) is 0 Å². The highest BCUT2D eigenvalue weighted by Gasteiger charge is 2.20. The number of hydrazine groups is 1. The van der Waals surface area contributed by atoms with Gasteiger partial charge in [-0.25, -0.2) is 10.0 Å². The van der Waals surface area contributed by atoms with Crippen LogP contribution in [-0.2, 0) is 0 Å². The lowest BCUT2D eigenvalue weighted by atomic mass is 10.3. The first-order valence-electron chi connectivity index (χ1n) is 3.30. The third kappa shape index (κ3) is 1.64. The minimum absolute atomic E-state index is 0.104. The van der Waals surface area contributed by atoms with E-state index in [1.54, 1.807) is 0 Å². The molecule has 0 bridgehead atoms. The van der Waals surface area contributed by atoms with Crippen LogP contribution in [0.3, 0.4) is 0 Å². The Hall–Kier alpha value is -0.120. The first-order chi connectivity index (χ1) is 4.20. The van der Waals surface area contributed by atoms with Gasteiger partial charge in [-0.15, -0.1) is 0 Å². The van der Waals surface area contributed by atoms with E-state index in [0.717, 1.165) is 19.5 Å². The van der Waals surface area contributed by atoms with Crippen LogP contribution in [0.5, 0.6) is 0 Å². The Morgan fingerprint density at radius 2 is 2.22 bits per heavy atom. The number of aliphatic hydroxyl groups is 1. The van der Waals surface area contributed by atoms with Crippen molar-refractivity contribution in [1.29, 1.82) is 0 Å². The molecule has 54 valence electrons. The van der Waals surface area contributed by atoms with Crippen molar-refractivity contribution in [1.82, 2.24) is 10.0 Å². The van der Waals surface area contributed by atoms with Crippen LogP contribution in [0.15, 0.2) is 0 Å². The van der Waals surface area contributed by atoms with Gasteiger partial charge in [-0.1, -0.05) is 0 Å². The highest BCUT2D eigenvalue weighted by atomic mass is 16.3. The zero-order valence-electron chi connectivity index (χ0n) is 6.04. The number of hydrogen-bond acceptors (Lipinski definition) is 3.